The molecule has 1 atom stereocenters. The average Bonchev–Trinajstić information content (AvgIpc) is 2.40. The second kappa shape index (κ2) is 13.3. The maximum atomic E-state index is 11.5. The first-order chi connectivity index (χ1) is 9.60. The third kappa shape index (κ3) is 12.4. The van der Waals surface area contributed by atoms with Crippen LogP contribution in [0.4, 0.5) is 0 Å². The molecule has 120 valence electrons. The Kier molecular flexibility index (Phi) is 12.9. The van der Waals surface area contributed by atoms with Gasteiger partial charge in [-0.05, 0) is 18.8 Å². The molecule has 1 unspecified atom stereocenters. The van der Waals surface area contributed by atoms with Crippen molar-refractivity contribution < 1.29 is 19.0 Å². The van der Waals surface area contributed by atoms with Crippen molar-refractivity contribution in [3.05, 3.63) is 0 Å². The standard InChI is InChI=1S/C15H31NO4/c1-13(2)7-5-8-15(17)16-9-6-10-20-12-14(19-4)11-18-3/h13-14H,5-12H2,1-4H3,(H,16,17). The molecule has 0 aliphatic rings. The van der Waals surface area contributed by atoms with E-state index < -0.39 is 0 Å². The number of amides is 1. The van der Waals surface area contributed by atoms with Crippen LogP contribution >= 0.6 is 0 Å². The number of carbonyl (C=O) groups excluding carboxylic acids is 1. The molecule has 0 aromatic heterocycles. The van der Waals surface area contributed by atoms with Crippen molar-refractivity contribution in [2.75, 3.05) is 40.6 Å². The van der Waals surface area contributed by atoms with Crippen molar-refractivity contribution in [1.29, 1.82) is 0 Å². The van der Waals surface area contributed by atoms with E-state index in [1.165, 1.54) is 0 Å². The van der Waals surface area contributed by atoms with E-state index in [-0.39, 0.29) is 12.0 Å². The summed E-state index contributed by atoms with van der Waals surface area (Å²) in [7, 11) is 3.28. The molecule has 0 rings (SSSR count). The van der Waals surface area contributed by atoms with Gasteiger partial charge in [0.05, 0.1) is 13.2 Å². The Labute approximate surface area is 123 Å². The summed E-state index contributed by atoms with van der Waals surface area (Å²) in [5.41, 5.74) is 0. The molecule has 20 heavy (non-hydrogen) atoms. The van der Waals surface area contributed by atoms with E-state index in [1.54, 1.807) is 14.2 Å². The Morgan fingerprint density at radius 2 is 1.90 bits per heavy atom. The smallest absolute Gasteiger partial charge is 0.219 e. The molecule has 0 saturated heterocycles. The lowest BCUT2D eigenvalue weighted by molar-refractivity contribution is -0.121. The lowest BCUT2D eigenvalue weighted by atomic mass is 10.1. The molecule has 0 saturated carbocycles. The van der Waals surface area contributed by atoms with Gasteiger partial charge >= 0.3 is 0 Å². The monoisotopic (exact) mass is 289 g/mol. The number of methoxy groups -OCH3 is 2. The van der Waals surface area contributed by atoms with Gasteiger partial charge < -0.3 is 19.5 Å². The Balaban J connectivity index is 3.36. The molecule has 0 aliphatic carbocycles. The van der Waals surface area contributed by atoms with E-state index in [4.69, 9.17) is 14.2 Å². The first-order valence-electron chi connectivity index (χ1n) is 7.46. The van der Waals surface area contributed by atoms with E-state index in [9.17, 15) is 4.79 Å². The molecule has 0 bridgehead atoms. The Morgan fingerprint density at radius 3 is 2.50 bits per heavy atom. The van der Waals surface area contributed by atoms with Crippen LogP contribution in [0.25, 0.3) is 0 Å². The first-order valence-corrected chi connectivity index (χ1v) is 7.46. The van der Waals surface area contributed by atoms with Crippen LogP contribution in [0.15, 0.2) is 0 Å². The van der Waals surface area contributed by atoms with Gasteiger partial charge in [0.15, 0.2) is 0 Å². The minimum absolute atomic E-state index is 0.0226. The summed E-state index contributed by atoms with van der Waals surface area (Å²) >= 11 is 0. The third-order valence-electron chi connectivity index (χ3n) is 2.96. The van der Waals surface area contributed by atoms with E-state index in [2.05, 4.69) is 19.2 Å². The van der Waals surface area contributed by atoms with Gasteiger partial charge in [0, 0.05) is 33.8 Å². The highest BCUT2D eigenvalue weighted by molar-refractivity contribution is 5.75. The summed E-state index contributed by atoms with van der Waals surface area (Å²) < 4.78 is 15.7. The van der Waals surface area contributed by atoms with Gasteiger partial charge in [0.1, 0.15) is 6.10 Å². The van der Waals surface area contributed by atoms with Gasteiger partial charge in [-0.1, -0.05) is 20.3 Å². The molecule has 0 heterocycles. The quantitative estimate of drug-likeness (QED) is 0.527. The maximum Gasteiger partial charge on any atom is 0.219 e. The predicted molar refractivity (Wildman–Crippen MR) is 79.8 cm³/mol. The predicted octanol–water partition coefficient (Wildman–Crippen LogP) is 2.00. The number of nitrogens with one attached hydrogen (secondary N) is 1. The number of rotatable bonds is 13. The van der Waals surface area contributed by atoms with Crippen molar-refractivity contribution in [1.82, 2.24) is 5.32 Å². The summed E-state index contributed by atoms with van der Waals surface area (Å²) in [6.07, 6.45) is 3.49. The zero-order valence-electron chi connectivity index (χ0n) is 13.4. The van der Waals surface area contributed by atoms with Gasteiger partial charge in [-0.25, -0.2) is 0 Å². The van der Waals surface area contributed by atoms with E-state index in [0.29, 0.717) is 38.7 Å². The van der Waals surface area contributed by atoms with Crippen LogP contribution in [0.2, 0.25) is 0 Å². The Bertz CT molecular complexity index is 234. The fraction of sp³-hybridized carbons (Fsp3) is 0.933. The summed E-state index contributed by atoms with van der Waals surface area (Å²) in [6, 6.07) is 0. The molecular formula is C15H31NO4. The Morgan fingerprint density at radius 1 is 1.15 bits per heavy atom. The molecule has 1 N–H and O–H groups in total. The summed E-state index contributed by atoms with van der Waals surface area (Å²) in [5, 5.41) is 2.91. The number of carbonyl (C=O) groups is 1. The van der Waals surface area contributed by atoms with E-state index in [1.807, 2.05) is 0 Å². The van der Waals surface area contributed by atoms with Gasteiger partial charge in [-0.3, -0.25) is 4.79 Å². The van der Waals surface area contributed by atoms with Crippen molar-refractivity contribution >= 4 is 5.91 Å². The second-order valence-electron chi connectivity index (χ2n) is 5.38. The molecule has 0 aliphatic heterocycles. The van der Waals surface area contributed by atoms with E-state index >= 15 is 0 Å². The lowest BCUT2D eigenvalue weighted by Gasteiger charge is -2.14. The minimum Gasteiger partial charge on any atom is -0.382 e. The van der Waals surface area contributed by atoms with Gasteiger partial charge in [0.25, 0.3) is 0 Å². The largest absolute Gasteiger partial charge is 0.382 e. The first kappa shape index (κ1) is 19.4. The van der Waals surface area contributed by atoms with Gasteiger partial charge in [-0.15, -0.1) is 0 Å². The Hall–Kier alpha value is -0.650. The highest BCUT2D eigenvalue weighted by Gasteiger charge is 2.06. The topological polar surface area (TPSA) is 56.8 Å². The highest BCUT2D eigenvalue weighted by Crippen LogP contribution is 2.05. The van der Waals surface area contributed by atoms with Crippen LogP contribution in [0, 0.1) is 5.92 Å². The van der Waals surface area contributed by atoms with Crippen LogP contribution in [0.5, 0.6) is 0 Å². The van der Waals surface area contributed by atoms with Crippen molar-refractivity contribution in [2.45, 2.75) is 45.6 Å². The molecule has 0 aromatic rings. The maximum absolute atomic E-state index is 11.5. The minimum atomic E-state index is -0.0226. The zero-order valence-corrected chi connectivity index (χ0v) is 13.4. The SMILES string of the molecule is COCC(COCCCNC(=O)CCCC(C)C)OC. The fourth-order valence-electron chi connectivity index (χ4n) is 1.75. The lowest BCUT2D eigenvalue weighted by Crippen LogP contribution is -2.26. The van der Waals surface area contributed by atoms with Crippen LogP contribution in [0.1, 0.15) is 39.5 Å². The molecule has 0 spiro atoms. The molecular weight excluding hydrogens is 258 g/mol. The summed E-state index contributed by atoms with van der Waals surface area (Å²) in [4.78, 5) is 11.5. The number of hydrogen-bond donors (Lipinski definition) is 1. The average molecular weight is 289 g/mol. The van der Waals surface area contributed by atoms with Gasteiger partial charge in [0.2, 0.25) is 5.91 Å². The van der Waals surface area contributed by atoms with Crippen LogP contribution in [0.3, 0.4) is 0 Å². The number of ether oxygens (including phenoxy) is 3. The summed E-state index contributed by atoms with van der Waals surface area (Å²) in [6.45, 7) is 6.69. The molecule has 0 aromatic carbocycles. The third-order valence-corrected chi connectivity index (χ3v) is 2.96. The fourth-order valence-corrected chi connectivity index (χ4v) is 1.75. The summed E-state index contributed by atoms with van der Waals surface area (Å²) in [5.74, 6) is 0.803. The van der Waals surface area contributed by atoms with Gasteiger partial charge in [-0.2, -0.15) is 0 Å². The van der Waals surface area contributed by atoms with Crippen LogP contribution < -0.4 is 5.32 Å². The zero-order chi connectivity index (χ0) is 15.2. The van der Waals surface area contributed by atoms with Crippen LogP contribution in [-0.2, 0) is 19.0 Å². The highest BCUT2D eigenvalue weighted by atomic mass is 16.5. The van der Waals surface area contributed by atoms with Crippen LogP contribution in [-0.4, -0.2) is 52.6 Å². The molecule has 5 heteroatoms. The molecule has 0 radical (unpaired) electrons. The van der Waals surface area contributed by atoms with E-state index in [0.717, 1.165) is 19.3 Å². The van der Waals surface area contributed by atoms with Crippen molar-refractivity contribution in [3.8, 4) is 0 Å². The van der Waals surface area contributed by atoms with Crippen molar-refractivity contribution in [3.63, 3.8) is 0 Å². The molecule has 1 amide bonds. The molecule has 0 fully saturated rings. The van der Waals surface area contributed by atoms with Crippen molar-refractivity contribution in [2.24, 2.45) is 5.92 Å². The molecule has 5 nitrogen and oxygen atoms in total. The second-order valence-corrected chi connectivity index (χ2v) is 5.38. The normalized spacial score (nSPS) is 12.7. The number of hydrogen-bond acceptors (Lipinski definition) is 4.